The lowest BCUT2D eigenvalue weighted by atomic mass is 10.00. The van der Waals surface area contributed by atoms with Gasteiger partial charge in [0.15, 0.2) is 5.11 Å². The number of anilines is 3. The largest absolute Gasteiger partial charge is 0.360 e. The molecule has 3 heterocycles. The average molecular weight is 391 g/mol. The minimum atomic E-state index is 0.276. The first-order chi connectivity index (χ1) is 12.9. The molecule has 7 heteroatoms. The van der Waals surface area contributed by atoms with Crippen molar-refractivity contribution in [1.82, 2.24) is 15.3 Å². The van der Waals surface area contributed by atoms with E-state index in [9.17, 15) is 0 Å². The smallest absolute Gasteiger partial charge is 0.232 e. The fraction of sp³-hybridized carbons (Fsp3) is 0.750. The second kappa shape index (κ2) is 9.04. The predicted octanol–water partition coefficient (Wildman–Crippen LogP) is 3.64. The fourth-order valence-corrected chi connectivity index (χ4v) is 4.32. The minimum Gasteiger partial charge on any atom is -0.360 e. The van der Waals surface area contributed by atoms with Crippen molar-refractivity contribution in [3.05, 3.63) is 6.07 Å². The van der Waals surface area contributed by atoms with E-state index in [4.69, 9.17) is 22.2 Å². The molecule has 0 spiro atoms. The van der Waals surface area contributed by atoms with Gasteiger partial charge in [-0.25, -0.2) is 0 Å². The molecule has 2 atom stereocenters. The maximum atomic E-state index is 5.42. The number of hydrogen-bond acceptors (Lipinski definition) is 5. The molecule has 2 unspecified atom stereocenters. The molecule has 2 N–H and O–H groups in total. The molecule has 0 amide bonds. The Balaban J connectivity index is 1.86. The monoisotopic (exact) mass is 390 g/mol. The predicted molar refractivity (Wildman–Crippen MR) is 118 cm³/mol. The Morgan fingerprint density at radius 3 is 2.00 bits per heavy atom. The first-order valence-corrected chi connectivity index (χ1v) is 10.8. The summed E-state index contributed by atoms with van der Waals surface area (Å²) in [5.41, 5.74) is 0. The van der Waals surface area contributed by atoms with Crippen LogP contribution < -0.4 is 20.4 Å². The summed E-state index contributed by atoms with van der Waals surface area (Å²) in [6.45, 7) is 13.0. The van der Waals surface area contributed by atoms with Crippen molar-refractivity contribution in [3.63, 3.8) is 0 Å². The molecule has 2 fully saturated rings. The van der Waals surface area contributed by atoms with Crippen molar-refractivity contribution in [2.24, 2.45) is 11.8 Å². The van der Waals surface area contributed by atoms with Crippen molar-refractivity contribution in [3.8, 4) is 0 Å². The van der Waals surface area contributed by atoms with Gasteiger partial charge in [0.05, 0.1) is 0 Å². The van der Waals surface area contributed by atoms with E-state index in [1.165, 1.54) is 25.7 Å². The van der Waals surface area contributed by atoms with Crippen LogP contribution in [0.25, 0.3) is 0 Å². The van der Waals surface area contributed by atoms with Crippen molar-refractivity contribution >= 4 is 34.9 Å². The summed E-state index contributed by atoms with van der Waals surface area (Å²) in [6, 6.07) is 2.44. The number of piperidine rings is 2. The van der Waals surface area contributed by atoms with Gasteiger partial charge in [0, 0.05) is 38.3 Å². The Labute approximate surface area is 169 Å². The van der Waals surface area contributed by atoms with E-state index in [0.29, 0.717) is 22.9 Å². The first kappa shape index (κ1) is 20.1. The molecule has 0 aromatic carbocycles. The number of thiocarbonyl (C=S) groups is 1. The zero-order chi connectivity index (χ0) is 19.4. The third-order valence-corrected chi connectivity index (χ3v) is 5.53. The molecule has 2 aliphatic heterocycles. The highest BCUT2D eigenvalue weighted by Gasteiger charge is 2.23. The van der Waals surface area contributed by atoms with E-state index in [2.05, 4.69) is 54.2 Å². The van der Waals surface area contributed by atoms with Crippen LogP contribution in [0.2, 0.25) is 0 Å². The van der Waals surface area contributed by atoms with Crippen LogP contribution in [0.15, 0.2) is 6.07 Å². The van der Waals surface area contributed by atoms with Crippen molar-refractivity contribution < 1.29 is 0 Å². The van der Waals surface area contributed by atoms with Crippen molar-refractivity contribution in [2.45, 2.75) is 59.4 Å². The SMILES string of the molecule is CC1CCCN(c2cc(N3CCCC(C)C3)nc(NC(=S)NC(C)C)n2)C1. The van der Waals surface area contributed by atoms with E-state index in [1.54, 1.807) is 0 Å². The summed E-state index contributed by atoms with van der Waals surface area (Å²) >= 11 is 5.42. The highest BCUT2D eigenvalue weighted by Crippen LogP contribution is 2.28. The van der Waals surface area contributed by atoms with Crippen LogP contribution in [-0.4, -0.2) is 47.3 Å². The molecular weight excluding hydrogens is 356 g/mol. The fourth-order valence-electron chi connectivity index (χ4n) is 4.00. The van der Waals surface area contributed by atoms with Gasteiger partial charge < -0.3 is 20.4 Å². The van der Waals surface area contributed by atoms with Gasteiger partial charge >= 0.3 is 0 Å². The Morgan fingerprint density at radius 1 is 1.04 bits per heavy atom. The quantitative estimate of drug-likeness (QED) is 0.761. The molecule has 3 rings (SSSR count). The van der Waals surface area contributed by atoms with Crippen LogP contribution in [0.3, 0.4) is 0 Å². The lowest BCUT2D eigenvalue weighted by Gasteiger charge is -2.35. The van der Waals surface area contributed by atoms with Crippen LogP contribution in [0.4, 0.5) is 17.6 Å². The van der Waals surface area contributed by atoms with Gasteiger partial charge in [-0.15, -0.1) is 0 Å². The zero-order valence-corrected chi connectivity index (χ0v) is 18.0. The number of rotatable bonds is 4. The molecule has 27 heavy (non-hydrogen) atoms. The lowest BCUT2D eigenvalue weighted by Crippen LogP contribution is -2.38. The Morgan fingerprint density at radius 2 is 1.56 bits per heavy atom. The van der Waals surface area contributed by atoms with Crippen molar-refractivity contribution in [1.29, 1.82) is 0 Å². The van der Waals surface area contributed by atoms with Crippen LogP contribution in [0, 0.1) is 11.8 Å². The molecular formula is C20H34N6S. The summed E-state index contributed by atoms with van der Waals surface area (Å²) in [5, 5.41) is 6.99. The number of nitrogens with one attached hydrogen (secondary N) is 2. The van der Waals surface area contributed by atoms with Gasteiger partial charge in [0.2, 0.25) is 5.95 Å². The summed E-state index contributed by atoms with van der Waals surface area (Å²) in [6.07, 6.45) is 5.03. The number of aromatic nitrogens is 2. The molecule has 0 aliphatic carbocycles. The third-order valence-electron chi connectivity index (χ3n) is 5.31. The van der Waals surface area contributed by atoms with Crippen LogP contribution in [0.1, 0.15) is 53.4 Å². The normalized spacial score (nSPS) is 23.4. The number of nitrogens with zero attached hydrogens (tertiary/aromatic N) is 4. The minimum absolute atomic E-state index is 0.276. The van der Waals surface area contributed by atoms with E-state index in [-0.39, 0.29) is 6.04 Å². The average Bonchev–Trinajstić information content (AvgIpc) is 2.60. The van der Waals surface area contributed by atoms with Crippen LogP contribution in [0.5, 0.6) is 0 Å². The zero-order valence-electron chi connectivity index (χ0n) is 17.2. The van der Waals surface area contributed by atoms with Gasteiger partial charge in [-0.05, 0) is 63.6 Å². The van der Waals surface area contributed by atoms with Gasteiger partial charge in [0.1, 0.15) is 11.6 Å². The van der Waals surface area contributed by atoms with Gasteiger partial charge in [0.25, 0.3) is 0 Å². The summed E-state index contributed by atoms with van der Waals surface area (Å²) in [5.74, 6) is 4.02. The Kier molecular flexibility index (Phi) is 6.73. The first-order valence-electron chi connectivity index (χ1n) is 10.4. The number of hydrogen-bond donors (Lipinski definition) is 2. The molecule has 6 nitrogen and oxygen atoms in total. The molecule has 2 aliphatic rings. The molecule has 150 valence electrons. The van der Waals surface area contributed by atoms with Crippen LogP contribution >= 0.6 is 12.2 Å². The summed E-state index contributed by atoms with van der Waals surface area (Å²) in [4.78, 5) is 14.4. The molecule has 0 radical (unpaired) electrons. The topological polar surface area (TPSA) is 56.3 Å². The molecule has 1 aromatic rings. The molecule has 1 aromatic heterocycles. The maximum Gasteiger partial charge on any atom is 0.232 e. The van der Waals surface area contributed by atoms with Gasteiger partial charge in [-0.1, -0.05) is 13.8 Å². The third kappa shape index (κ3) is 5.67. The highest BCUT2D eigenvalue weighted by molar-refractivity contribution is 7.80. The van der Waals surface area contributed by atoms with Gasteiger partial charge in [-0.3, -0.25) is 0 Å². The van der Waals surface area contributed by atoms with E-state index >= 15 is 0 Å². The molecule has 2 saturated heterocycles. The van der Waals surface area contributed by atoms with Gasteiger partial charge in [-0.2, -0.15) is 9.97 Å². The second-order valence-electron chi connectivity index (χ2n) is 8.55. The highest BCUT2D eigenvalue weighted by atomic mass is 32.1. The lowest BCUT2D eigenvalue weighted by molar-refractivity contribution is 0.441. The molecule has 0 bridgehead atoms. The van der Waals surface area contributed by atoms with E-state index in [1.807, 2.05) is 0 Å². The summed E-state index contributed by atoms with van der Waals surface area (Å²) in [7, 11) is 0. The standard InChI is InChI=1S/C20H34N6S/c1-14(2)21-20(27)24-19-22-17(25-9-5-7-15(3)12-25)11-18(23-19)26-10-6-8-16(4)13-26/h11,14-16H,5-10,12-13H2,1-4H3,(H2,21,22,23,24,27). The maximum absolute atomic E-state index is 5.42. The van der Waals surface area contributed by atoms with Crippen LogP contribution in [-0.2, 0) is 0 Å². The Hall–Kier alpha value is -1.63. The second-order valence-corrected chi connectivity index (χ2v) is 8.96. The van der Waals surface area contributed by atoms with E-state index < -0.39 is 0 Å². The van der Waals surface area contributed by atoms with E-state index in [0.717, 1.165) is 37.8 Å². The molecule has 0 saturated carbocycles. The van der Waals surface area contributed by atoms with Crippen molar-refractivity contribution in [2.75, 3.05) is 41.3 Å². The Bertz CT molecular complexity index is 609. The summed E-state index contributed by atoms with van der Waals surface area (Å²) < 4.78 is 0.